The van der Waals surface area contributed by atoms with Gasteiger partial charge in [0.25, 0.3) is 5.69 Å². The monoisotopic (exact) mass is 290 g/mol. The molecule has 0 unspecified atom stereocenters. The second-order valence-electron chi connectivity index (χ2n) is 3.33. The molecule has 0 bridgehead atoms. The van der Waals surface area contributed by atoms with Crippen molar-refractivity contribution < 1.29 is 4.92 Å². The zero-order valence-electron chi connectivity index (χ0n) is 8.28. The van der Waals surface area contributed by atoms with Gasteiger partial charge in [-0.3, -0.25) is 10.1 Å². The Labute approximate surface area is 111 Å². The van der Waals surface area contributed by atoms with Crippen LogP contribution in [0.5, 0.6) is 0 Å². The average Bonchev–Trinajstić information content (AvgIpc) is 2.29. The maximum atomic E-state index is 10.7. The van der Waals surface area contributed by atoms with Crippen molar-refractivity contribution in [3.8, 4) is 0 Å². The average molecular weight is 292 g/mol. The van der Waals surface area contributed by atoms with Crippen molar-refractivity contribution in [1.29, 1.82) is 0 Å². The van der Waals surface area contributed by atoms with E-state index >= 15 is 0 Å². The van der Waals surface area contributed by atoms with E-state index in [1.165, 1.54) is 12.1 Å². The lowest BCUT2D eigenvalue weighted by Crippen LogP contribution is -1.92. The Hall–Kier alpha value is -1.10. The summed E-state index contributed by atoms with van der Waals surface area (Å²) in [4.78, 5) is 14.3. The van der Waals surface area contributed by atoms with Crippen molar-refractivity contribution in [1.82, 2.24) is 4.98 Å². The van der Waals surface area contributed by atoms with Gasteiger partial charge in [0.15, 0.2) is 0 Å². The molecule has 0 aliphatic heterocycles. The van der Waals surface area contributed by atoms with E-state index in [9.17, 15) is 10.1 Å². The molecule has 0 saturated heterocycles. The molecular weight excluding hydrogens is 286 g/mol. The van der Waals surface area contributed by atoms with Crippen LogP contribution in [-0.4, -0.2) is 9.91 Å². The highest BCUT2D eigenvalue weighted by molar-refractivity contribution is 6.36. The molecule has 2 aromatic rings. The fourth-order valence-corrected chi connectivity index (χ4v) is 2.19. The number of benzene rings is 1. The van der Waals surface area contributed by atoms with Gasteiger partial charge < -0.3 is 0 Å². The quantitative estimate of drug-likeness (QED) is 0.361. The normalized spacial score (nSPS) is 10.8. The Morgan fingerprint density at radius 1 is 1.29 bits per heavy atom. The van der Waals surface area contributed by atoms with Gasteiger partial charge in [0.1, 0.15) is 5.15 Å². The third kappa shape index (κ3) is 2.29. The zero-order valence-corrected chi connectivity index (χ0v) is 10.6. The van der Waals surface area contributed by atoms with Gasteiger partial charge in [-0.05, 0) is 6.07 Å². The lowest BCUT2D eigenvalue weighted by molar-refractivity contribution is -0.384. The van der Waals surface area contributed by atoms with Gasteiger partial charge >= 0.3 is 0 Å². The minimum atomic E-state index is -0.514. The van der Waals surface area contributed by atoms with E-state index in [0.717, 1.165) is 0 Å². The van der Waals surface area contributed by atoms with Crippen molar-refractivity contribution >= 4 is 51.4 Å². The highest BCUT2D eigenvalue weighted by Gasteiger charge is 2.13. The van der Waals surface area contributed by atoms with Crippen LogP contribution in [0.4, 0.5) is 5.69 Å². The first kappa shape index (κ1) is 12.4. The van der Waals surface area contributed by atoms with Crippen LogP contribution in [0.1, 0.15) is 5.56 Å². The number of hydrogen-bond donors (Lipinski definition) is 0. The molecule has 88 valence electrons. The third-order valence-electron chi connectivity index (χ3n) is 2.24. The molecule has 1 aromatic heterocycles. The number of fused-ring (bicyclic) bond motifs is 1. The molecule has 1 heterocycles. The number of halogens is 3. The summed E-state index contributed by atoms with van der Waals surface area (Å²) >= 11 is 17.5. The summed E-state index contributed by atoms with van der Waals surface area (Å²) in [6.45, 7) is 0. The van der Waals surface area contributed by atoms with E-state index in [4.69, 9.17) is 34.8 Å². The SMILES string of the molecule is O=[N+]([O-])c1cc(Cl)c2nc(Cl)c(CCl)cc2c1. The standard InChI is InChI=1S/C10H5Cl3N2O2/c11-4-6-1-5-2-7(15(16)17)3-8(12)9(5)14-10(6)13/h1-3H,4H2. The molecule has 0 N–H and O–H groups in total. The number of aromatic nitrogens is 1. The molecule has 7 heteroatoms. The van der Waals surface area contributed by atoms with Crippen molar-refractivity contribution in [2.24, 2.45) is 0 Å². The maximum absolute atomic E-state index is 10.7. The predicted molar refractivity (Wildman–Crippen MR) is 68.0 cm³/mol. The van der Waals surface area contributed by atoms with Crippen molar-refractivity contribution in [3.05, 3.63) is 44.1 Å². The first-order valence-electron chi connectivity index (χ1n) is 4.52. The van der Waals surface area contributed by atoms with E-state index in [1.54, 1.807) is 6.07 Å². The molecule has 4 nitrogen and oxygen atoms in total. The van der Waals surface area contributed by atoms with Gasteiger partial charge in [0, 0.05) is 23.1 Å². The number of nitrogens with zero attached hydrogens (tertiary/aromatic N) is 2. The van der Waals surface area contributed by atoms with Gasteiger partial charge in [-0.25, -0.2) is 4.98 Å². The molecule has 0 atom stereocenters. The zero-order chi connectivity index (χ0) is 12.6. The van der Waals surface area contributed by atoms with Crippen LogP contribution >= 0.6 is 34.8 Å². The van der Waals surface area contributed by atoms with Crippen LogP contribution < -0.4 is 0 Å². The fourth-order valence-electron chi connectivity index (χ4n) is 1.45. The van der Waals surface area contributed by atoms with Gasteiger partial charge in [-0.2, -0.15) is 0 Å². The minimum absolute atomic E-state index is 0.0906. The molecule has 2 rings (SSSR count). The lowest BCUT2D eigenvalue weighted by atomic mass is 10.1. The summed E-state index contributed by atoms with van der Waals surface area (Å²) < 4.78 is 0. The van der Waals surface area contributed by atoms with Crippen LogP contribution in [0.2, 0.25) is 10.2 Å². The van der Waals surface area contributed by atoms with E-state index in [0.29, 0.717) is 16.5 Å². The molecule has 0 radical (unpaired) electrons. The van der Waals surface area contributed by atoms with E-state index in [1.807, 2.05) is 0 Å². The minimum Gasteiger partial charge on any atom is -0.258 e. The summed E-state index contributed by atoms with van der Waals surface area (Å²) in [5, 5.41) is 11.7. The molecule has 0 saturated carbocycles. The number of alkyl halides is 1. The summed E-state index contributed by atoms with van der Waals surface area (Å²) in [7, 11) is 0. The van der Waals surface area contributed by atoms with Gasteiger partial charge in [-0.15, -0.1) is 11.6 Å². The van der Waals surface area contributed by atoms with Crippen molar-refractivity contribution in [3.63, 3.8) is 0 Å². The van der Waals surface area contributed by atoms with Crippen LogP contribution in [0, 0.1) is 10.1 Å². The summed E-state index contributed by atoms with van der Waals surface area (Å²) in [5.74, 6) is 0.183. The molecule has 0 spiro atoms. The molecular formula is C10H5Cl3N2O2. The molecule has 0 fully saturated rings. The Kier molecular flexibility index (Phi) is 3.38. The van der Waals surface area contributed by atoms with E-state index in [-0.39, 0.29) is 21.7 Å². The van der Waals surface area contributed by atoms with Crippen molar-refractivity contribution in [2.75, 3.05) is 0 Å². The van der Waals surface area contributed by atoms with E-state index < -0.39 is 4.92 Å². The topological polar surface area (TPSA) is 56.0 Å². The number of nitro groups is 1. The van der Waals surface area contributed by atoms with Crippen molar-refractivity contribution in [2.45, 2.75) is 5.88 Å². The predicted octanol–water partition coefficient (Wildman–Crippen LogP) is 4.19. The highest BCUT2D eigenvalue weighted by Crippen LogP contribution is 2.30. The molecule has 0 aliphatic rings. The number of pyridine rings is 1. The second kappa shape index (κ2) is 4.64. The van der Waals surface area contributed by atoms with Crippen LogP contribution in [-0.2, 0) is 5.88 Å². The molecule has 1 aromatic carbocycles. The summed E-state index contributed by atoms with van der Waals surface area (Å²) in [5.41, 5.74) is 0.945. The summed E-state index contributed by atoms with van der Waals surface area (Å²) in [6.07, 6.45) is 0. The lowest BCUT2D eigenvalue weighted by Gasteiger charge is -2.04. The number of hydrogen-bond acceptors (Lipinski definition) is 3. The van der Waals surface area contributed by atoms with Crippen LogP contribution in [0.3, 0.4) is 0 Å². The highest BCUT2D eigenvalue weighted by atomic mass is 35.5. The van der Waals surface area contributed by atoms with Gasteiger partial charge in [-0.1, -0.05) is 23.2 Å². The Bertz CT molecular complexity index is 616. The molecule has 0 amide bonds. The maximum Gasteiger partial charge on any atom is 0.271 e. The largest absolute Gasteiger partial charge is 0.271 e. The second-order valence-corrected chi connectivity index (χ2v) is 4.36. The van der Waals surface area contributed by atoms with Gasteiger partial charge in [0.2, 0.25) is 0 Å². The Balaban J connectivity index is 2.78. The van der Waals surface area contributed by atoms with Gasteiger partial charge in [0.05, 0.1) is 21.3 Å². The smallest absolute Gasteiger partial charge is 0.258 e. The van der Waals surface area contributed by atoms with Crippen LogP contribution in [0.25, 0.3) is 10.9 Å². The molecule has 0 aliphatic carbocycles. The fraction of sp³-hybridized carbons (Fsp3) is 0.100. The Morgan fingerprint density at radius 2 is 2.00 bits per heavy atom. The van der Waals surface area contributed by atoms with Crippen LogP contribution in [0.15, 0.2) is 18.2 Å². The molecule has 17 heavy (non-hydrogen) atoms. The summed E-state index contributed by atoms with van der Waals surface area (Å²) in [6, 6.07) is 4.28. The number of rotatable bonds is 2. The first-order chi connectivity index (χ1) is 8.02. The number of nitro benzene ring substituents is 1. The number of non-ortho nitro benzene ring substituents is 1. The Morgan fingerprint density at radius 3 is 2.59 bits per heavy atom. The van der Waals surface area contributed by atoms with E-state index in [2.05, 4.69) is 4.98 Å². The first-order valence-corrected chi connectivity index (χ1v) is 5.81. The third-order valence-corrected chi connectivity index (χ3v) is 3.14.